The van der Waals surface area contributed by atoms with Crippen molar-refractivity contribution in [3.8, 4) is 5.75 Å². The molecule has 26 heavy (non-hydrogen) atoms. The van der Waals surface area contributed by atoms with Crippen LogP contribution in [0, 0.1) is 12.8 Å². The number of benzene rings is 2. The minimum Gasteiger partial charge on any atom is -0.492 e. The number of anilines is 1. The van der Waals surface area contributed by atoms with Crippen LogP contribution in [-0.4, -0.2) is 31.5 Å². The Labute approximate surface area is 157 Å². The summed E-state index contributed by atoms with van der Waals surface area (Å²) in [5, 5.41) is 3.35. The largest absolute Gasteiger partial charge is 0.492 e. The third-order valence-electron chi connectivity index (χ3n) is 4.30. The van der Waals surface area contributed by atoms with E-state index in [0.717, 1.165) is 11.3 Å². The van der Waals surface area contributed by atoms with Gasteiger partial charge in [0.25, 0.3) is 0 Å². The van der Waals surface area contributed by atoms with Gasteiger partial charge in [0, 0.05) is 13.0 Å². The van der Waals surface area contributed by atoms with Gasteiger partial charge in [0.05, 0.1) is 23.2 Å². The van der Waals surface area contributed by atoms with Crippen molar-refractivity contribution in [1.29, 1.82) is 0 Å². The molecule has 1 aliphatic rings. The molecule has 1 fully saturated rings. The van der Waals surface area contributed by atoms with E-state index in [-0.39, 0.29) is 24.2 Å². The first-order chi connectivity index (χ1) is 12.5. The highest BCUT2D eigenvalue weighted by molar-refractivity contribution is 6.33. The molecular formula is C20H21ClN2O3. The third kappa shape index (κ3) is 4.35. The summed E-state index contributed by atoms with van der Waals surface area (Å²) in [7, 11) is 0. The van der Waals surface area contributed by atoms with Crippen LogP contribution in [0.1, 0.15) is 12.0 Å². The van der Waals surface area contributed by atoms with E-state index in [9.17, 15) is 9.59 Å². The molecule has 0 spiro atoms. The number of halogens is 1. The Morgan fingerprint density at radius 3 is 2.85 bits per heavy atom. The Balaban J connectivity index is 1.48. The normalized spacial score (nSPS) is 16.6. The molecule has 136 valence electrons. The number of carbonyl (C=O) groups excluding carboxylic acids is 2. The molecule has 1 aliphatic heterocycles. The maximum atomic E-state index is 12.3. The molecule has 0 aliphatic carbocycles. The zero-order valence-corrected chi connectivity index (χ0v) is 15.3. The molecule has 0 radical (unpaired) electrons. The minimum absolute atomic E-state index is 0.0886. The van der Waals surface area contributed by atoms with Gasteiger partial charge in [0.2, 0.25) is 11.8 Å². The number of hydrogen-bond acceptors (Lipinski definition) is 3. The van der Waals surface area contributed by atoms with Crippen molar-refractivity contribution in [3.63, 3.8) is 0 Å². The summed E-state index contributed by atoms with van der Waals surface area (Å²) in [4.78, 5) is 26.2. The lowest BCUT2D eigenvalue weighted by Gasteiger charge is -2.18. The van der Waals surface area contributed by atoms with Crippen LogP contribution >= 0.6 is 11.6 Å². The highest BCUT2D eigenvalue weighted by Gasteiger charge is 2.35. The van der Waals surface area contributed by atoms with Crippen molar-refractivity contribution in [3.05, 3.63) is 59.1 Å². The van der Waals surface area contributed by atoms with E-state index >= 15 is 0 Å². The molecule has 0 bridgehead atoms. The number of ether oxygens (including phenoxy) is 1. The lowest BCUT2D eigenvalue weighted by Crippen LogP contribution is -2.35. The lowest BCUT2D eigenvalue weighted by atomic mass is 10.1. The molecule has 2 aromatic carbocycles. The van der Waals surface area contributed by atoms with Crippen LogP contribution in [0.2, 0.25) is 5.02 Å². The van der Waals surface area contributed by atoms with Crippen molar-refractivity contribution < 1.29 is 14.3 Å². The lowest BCUT2D eigenvalue weighted by molar-refractivity contribution is -0.126. The molecule has 6 heteroatoms. The van der Waals surface area contributed by atoms with Crippen molar-refractivity contribution in [1.82, 2.24) is 5.32 Å². The summed E-state index contributed by atoms with van der Waals surface area (Å²) in [6.07, 6.45) is 0.190. The number of nitrogens with one attached hydrogen (secondary N) is 1. The fourth-order valence-electron chi connectivity index (χ4n) is 2.98. The highest BCUT2D eigenvalue weighted by Crippen LogP contribution is 2.30. The molecule has 2 amide bonds. The van der Waals surface area contributed by atoms with Gasteiger partial charge in [-0.3, -0.25) is 9.59 Å². The van der Waals surface area contributed by atoms with Crippen LogP contribution in [0.15, 0.2) is 48.5 Å². The van der Waals surface area contributed by atoms with Gasteiger partial charge in [-0.05, 0) is 36.8 Å². The molecule has 0 unspecified atom stereocenters. The highest BCUT2D eigenvalue weighted by atomic mass is 35.5. The van der Waals surface area contributed by atoms with Gasteiger partial charge in [0.1, 0.15) is 12.4 Å². The van der Waals surface area contributed by atoms with E-state index in [2.05, 4.69) is 5.32 Å². The molecule has 0 saturated carbocycles. The van der Waals surface area contributed by atoms with Gasteiger partial charge in [-0.2, -0.15) is 0 Å². The molecule has 0 aromatic heterocycles. The molecular weight excluding hydrogens is 352 g/mol. The molecule has 1 heterocycles. The Morgan fingerprint density at radius 2 is 2.08 bits per heavy atom. The van der Waals surface area contributed by atoms with Crippen LogP contribution in [0.3, 0.4) is 0 Å². The predicted octanol–water partition coefficient (Wildman–Crippen LogP) is 3.20. The number of para-hydroxylation sites is 1. The first-order valence-corrected chi connectivity index (χ1v) is 8.94. The minimum atomic E-state index is -0.377. The molecule has 1 atom stereocenters. The van der Waals surface area contributed by atoms with E-state index in [1.54, 1.807) is 17.0 Å². The average molecular weight is 373 g/mol. The Kier molecular flexibility index (Phi) is 5.78. The number of amides is 2. The van der Waals surface area contributed by atoms with Crippen LogP contribution in [-0.2, 0) is 9.59 Å². The second-order valence-corrected chi connectivity index (χ2v) is 6.72. The summed E-state index contributed by atoms with van der Waals surface area (Å²) in [6, 6.07) is 14.9. The number of nitrogens with zero attached hydrogens (tertiary/aromatic N) is 1. The second-order valence-electron chi connectivity index (χ2n) is 6.31. The van der Waals surface area contributed by atoms with E-state index in [1.807, 2.05) is 43.3 Å². The summed E-state index contributed by atoms with van der Waals surface area (Å²) in [5.41, 5.74) is 1.77. The summed E-state index contributed by atoms with van der Waals surface area (Å²) >= 11 is 6.16. The predicted molar refractivity (Wildman–Crippen MR) is 102 cm³/mol. The molecule has 1 saturated heterocycles. The monoisotopic (exact) mass is 372 g/mol. The number of rotatable bonds is 6. The van der Waals surface area contributed by atoms with Crippen LogP contribution in [0.5, 0.6) is 5.75 Å². The number of carbonyl (C=O) groups is 2. The van der Waals surface area contributed by atoms with Crippen molar-refractivity contribution in [2.45, 2.75) is 13.3 Å². The summed E-state index contributed by atoms with van der Waals surface area (Å²) in [6.45, 7) is 3.11. The Hall–Kier alpha value is -2.53. The maximum Gasteiger partial charge on any atom is 0.227 e. The molecule has 2 aromatic rings. The van der Waals surface area contributed by atoms with E-state index < -0.39 is 0 Å². The SMILES string of the molecule is Cc1cccc(OCCNC(=O)[C@H]2CC(=O)N(c3ccccc3Cl)C2)c1. The third-order valence-corrected chi connectivity index (χ3v) is 4.62. The fourth-order valence-corrected chi connectivity index (χ4v) is 3.22. The fraction of sp³-hybridized carbons (Fsp3) is 0.300. The van der Waals surface area contributed by atoms with Crippen LogP contribution < -0.4 is 15.0 Å². The second kappa shape index (κ2) is 8.23. The van der Waals surface area contributed by atoms with Gasteiger partial charge in [0.15, 0.2) is 0 Å². The van der Waals surface area contributed by atoms with Gasteiger partial charge in [-0.15, -0.1) is 0 Å². The molecule has 3 rings (SSSR count). The van der Waals surface area contributed by atoms with Gasteiger partial charge in [-0.1, -0.05) is 35.9 Å². The average Bonchev–Trinajstić information content (AvgIpc) is 3.01. The topological polar surface area (TPSA) is 58.6 Å². The van der Waals surface area contributed by atoms with E-state index in [0.29, 0.717) is 30.4 Å². The van der Waals surface area contributed by atoms with Crippen molar-refractivity contribution in [2.24, 2.45) is 5.92 Å². The van der Waals surface area contributed by atoms with Gasteiger partial charge in [-0.25, -0.2) is 0 Å². The smallest absolute Gasteiger partial charge is 0.227 e. The number of hydrogen-bond donors (Lipinski definition) is 1. The van der Waals surface area contributed by atoms with Crippen molar-refractivity contribution in [2.75, 3.05) is 24.6 Å². The van der Waals surface area contributed by atoms with E-state index in [1.165, 1.54) is 0 Å². The van der Waals surface area contributed by atoms with Crippen LogP contribution in [0.25, 0.3) is 0 Å². The van der Waals surface area contributed by atoms with Crippen molar-refractivity contribution >= 4 is 29.1 Å². The van der Waals surface area contributed by atoms with Gasteiger partial charge < -0.3 is 15.0 Å². The zero-order valence-electron chi connectivity index (χ0n) is 14.6. The quantitative estimate of drug-likeness (QED) is 0.792. The Bertz CT molecular complexity index is 809. The molecule has 5 nitrogen and oxygen atoms in total. The molecule has 1 N–H and O–H groups in total. The van der Waals surface area contributed by atoms with E-state index in [4.69, 9.17) is 16.3 Å². The number of aryl methyl sites for hydroxylation is 1. The first-order valence-electron chi connectivity index (χ1n) is 8.56. The maximum absolute atomic E-state index is 12.3. The summed E-state index contributed by atoms with van der Waals surface area (Å²) in [5.74, 6) is 0.174. The zero-order chi connectivity index (χ0) is 18.5. The summed E-state index contributed by atoms with van der Waals surface area (Å²) < 4.78 is 5.62. The van der Waals surface area contributed by atoms with Gasteiger partial charge >= 0.3 is 0 Å². The standard InChI is InChI=1S/C20H21ClN2O3/c1-14-5-4-6-16(11-14)26-10-9-22-20(25)15-12-19(24)23(13-15)18-8-3-2-7-17(18)21/h2-8,11,15H,9-10,12-13H2,1H3,(H,22,25)/t15-/m0/s1. The Morgan fingerprint density at radius 1 is 1.27 bits per heavy atom. The first kappa shape index (κ1) is 18.3. The van der Waals surface area contributed by atoms with Crippen LogP contribution in [0.4, 0.5) is 5.69 Å².